The van der Waals surface area contributed by atoms with E-state index in [2.05, 4.69) is 64.9 Å². The Balaban J connectivity index is 2.00. The lowest BCUT2D eigenvalue weighted by atomic mass is 10.1. The number of benzene rings is 2. The third-order valence-electron chi connectivity index (χ3n) is 3.06. The fourth-order valence-electron chi connectivity index (χ4n) is 2.11. The number of hydrogen-bond acceptors (Lipinski definition) is 2. The number of hydrogen-bond donors (Lipinski definition) is 2. The van der Waals surface area contributed by atoms with Gasteiger partial charge in [-0.2, -0.15) is 0 Å². The minimum absolute atomic E-state index is 0.118. The van der Waals surface area contributed by atoms with E-state index >= 15 is 0 Å². The molecule has 3 nitrogen and oxygen atoms in total. The summed E-state index contributed by atoms with van der Waals surface area (Å²) in [5, 5.41) is 7.48. The van der Waals surface area contributed by atoms with Crippen molar-refractivity contribution >= 4 is 28.4 Å². The van der Waals surface area contributed by atoms with E-state index in [1.54, 1.807) is 0 Å². The van der Waals surface area contributed by atoms with Gasteiger partial charge in [-0.15, -0.1) is 0 Å². The highest BCUT2D eigenvalue weighted by atomic mass is 127. The Morgan fingerprint density at radius 1 is 1.10 bits per heavy atom. The number of rotatable bonds is 5. The van der Waals surface area contributed by atoms with E-state index in [1.807, 2.05) is 18.2 Å². The number of nitrogens with two attached hydrogens (primary N) is 1. The van der Waals surface area contributed by atoms with Crippen LogP contribution in [0.15, 0.2) is 48.5 Å². The molecule has 0 radical (unpaired) electrons. The van der Waals surface area contributed by atoms with Gasteiger partial charge in [-0.05, 0) is 59.0 Å². The van der Waals surface area contributed by atoms with Gasteiger partial charge in [0.15, 0.2) is 0 Å². The molecule has 0 spiro atoms. The van der Waals surface area contributed by atoms with Crippen molar-refractivity contribution in [3.8, 4) is 0 Å². The Hall–Kier alpha value is -1.40. The molecule has 3 N–H and O–H groups in total. The fraction of sp³-hybridized carbons (Fsp3) is 0.188. The normalized spacial score (nSPS) is 10.8. The average Bonchev–Trinajstić information content (AvgIpc) is 2.41. The molecule has 2 aromatic carbocycles. The lowest BCUT2D eigenvalue weighted by Gasteiger charge is -2.17. The zero-order valence-corrected chi connectivity index (χ0v) is 13.6. The predicted molar refractivity (Wildman–Crippen MR) is 91.8 cm³/mol. The number of nitrogens with zero attached hydrogens (tertiary/aromatic N) is 1. The van der Waals surface area contributed by atoms with E-state index < -0.39 is 0 Å². The standard InChI is InChI=1S/C16H18IN3/c1-20(10-12-5-7-15(17)8-6-12)11-13-3-2-4-14(9-13)16(18)19/h2-9H,10-11H2,1H3,(H3,18,19). The van der Waals surface area contributed by atoms with Crippen LogP contribution in [0, 0.1) is 8.98 Å². The molecular formula is C16H18IN3. The molecule has 4 heteroatoms. The summed E-state index contributed by atoms with van der Waals surface area (Å²) in [7, 11) is 2.10. The monoisotopic (exact) mass is 379 g/mol. The zero-order valence-electron chi connectivity index (χ0n) is 11.4. The van der Waals surface area contributed by atoms with Crippen LogP contribution in [0.3, 0.4) is 0 Å². The molecule has 0 saturated heterocycles. The van der Waals surface area contributed by atoms with E-state index in [-0.39, 0.29) is 5.84 Å². The van der Waals surface area contributed by atoms with Gasteiger partial charge in [-0.3, -0.25) is 10.3 Å². The molecule has 2 rings (SSSR count). The molecule has 2 aromatic rings. The van der Waals surface area contributed by atoms with Crippen LogP contribution >= 0.6 is 22.6 Å². The summed E-state index contributed by atoms with van der Waals surface area (Å²) in [6, 6.07) is 16.4. The van der Waals surface area contributed by atoms with E-state index in [4.69, 9.17) is 11.1 Å². The van der Waals surface area contributed by atoms with Gasteiger partial charge in [0.25, 0.3) is 0 Å². The highest BCUT2D eigenvalue weighted by Crippen LogP contribution is 2.12. The van der Waals surface area contributed by atoms with Crippen molar-refractivity contribution in [1.82, 2.24) is 4.90 Å². The summed E-state index contributed by atoms with van der Waals surface area (Å²) in [5.41, 5.74) is 8.78. The van der Waals surface area contributed by atoms with Gasteiger partial charge >= 0.3 is 0 Å². The van der Waals surface area contributed by atoms with E-state index in [9.17, 15) is 0 Å². The Kier molecular flexibility index (Phi) is 5.14. The van der Waals surface area contributed by atoms with Gasteiger partial charge in [0.05, 0.1) is 0 Å². The van der Waals surface area contributed by atoms with E-state index in [0.717, 1.165) is 18.7 Å². The van der Waals surface area contributed by atoms with Crippen LogP contribution in [0.4, 0.5) is 0 Å². The second-order valence-corrected chi connectivity index (χ2v) is 6.16. The summed E-state index contributed by atoms with van der Waals surface area (Å²) in [6.45, 7) is 1.74. The first-order valence-corrected chi connectivity index (χ1v) is 7.49. The number of halogens is 1. The zero-order chi connectivity index (χ0) is 14.5. The van der Waals surface area contributed by atoms with Crippen molar-refractivity contribution in [1.29, 1.82) is 5.41 Å². The summed E-state index contributed by atoms with van der Waals surface area (Å²) in [6.07, 6.45) is 0. The molecule has 0 aromatic heterocycles. The average molecular weight is 379 g/mol. The maximum atomic E-state index is 7.48. The minimum Gasteiger partial charge on any atom is -0.384 e. The Bertz CT molecular complexity index is 593. The highest BCUT2D eigenvalue weighted by Gasteiger charge is 2.04. The van der Waals surface area contributed by atoms with Crippen LogP contribution in [0.2, 0.25) is 0 Å². The first-order valence-electron chi connectivity index (χ1n) is 6.41. The molecule has 0 aliphatic carbocycles. The Morgan fingerprint density at radius 2 is 1.75 bits per heavy atom. The van der Waals surface area contributed by atoms with Crippen molar-refractivity contribution in [3.63, 3.8) is 0 Å². The van der Waals surface area contributed by atoms with E-state index in [0.29, 0.717) is 0 Å². The van der Waals surface area contributed by atoms with Crippen molar-refractivity contribution in [2.24, 2.45) is 5.73 Å². The maximum absolute atomic E-state index is 7.48. The number of nitrogens with one attached hydrogen (secondary N) is 1. The largest absolute Gasteiger partial charge is 0.384 e. The van der Waals surface area contributed by atoms with Crippen LogP contribution in [0.5, 0.6) is 0 Å². The van der Waals surface area contributed by atoms with Crippen molar-refractivity contribution in [2.75, 3.05) is 7.05 Å². The number of amidine groups is 1. The molecule has 0 bridgehead atoms. The van der Waals surface area contributed by atoms with Crippen LogP contribution in [-0.2, 0) is 13.1 Å². The number of nitrogen functional groups attached to an aromatic ring is 1. The molecule has 0 saturated carbocycles. The van der Waals surface area contributed by atoms with Gasteiger partial charge in [0.2, 0.25) is 0 Å². The molecule has 0 atom stereocenters. The predicted octanol–water partition coefficient (Wildman–Crippen LogP) is 3.21. The SMILES string of the molecule is CN(Cc1ccc(I)cc1)Cc1cccc(C(=N)N)c1. The van der Waals surface area contributed by atoms with Crippen LogP contribution in [-0.4, -0.2) is 17.8 Å². The molecule has 0 aliphatic heterocycles. The van der Waals surface area contributed by atoms with Crippen molar-refractivity contribution < 1.29 is 0 Å². The van der Waals surface area contributed by atoms with Crippen molar-refractivity contribution in [3.05, 3.63) is 68.8 Å². The van der Waals surface area contributed by atoms with Gasteiger partial charge in [-0.1, -0.05) is 30.3 Å². The third-order valence-corrected chi connectivity index (χ3v) is 3.78. The van der Waals surface area contributed by atoms with E-state index in [1.165, 1.54) is 14.7 Å². The molecular weight excluding hydrogens is 361 g/mol. The molecule has 0 amide bonds. The molecule has 0 heterocycles. The minimum atomic E-state index is 0.118. The van der Waals surface area contributed by atoms with Crippen molar-refractivity contribution in [2.45, 2.75) is 13.1 Å². The molecule has 0 aliphatic rings. The fourth-order valence-corrected chi connectivity index (χ4v) is 2.47. The van der Waals surface area contributed by atoms with Gasteiger partial charge in [0, 0.05) is 22.2 Å². The Morgan fingerprint density at radius 3 is 2.40 bits per heavy atom. The quantitative estimate of drug-likeness (QED) is 0.476. The second-order valence-electron chi connectivity index (χ2n) is 4.91. The van der Waals surface area contributed by atoms with Gasteiger partial charge in [0.1, 0.15) is 5.84 Å². The molecule has 20 heavy (non-hydrogen) atoms. The first-order chi connectivity index (χ1) is 9.54. The molecule has 0 fully saturated rings. The van der Waals surface area contributed by atoms with Gasteiger partial charge < -0.3 is 5.73 Å². The summed E-state index contributed by atoms with van der Waals surface area (Å²) < 4.78 is 1.25. The topological polar surface area (TPSA) is 53.1 Å². The van der Waals surface area contributed by atoms with Gasteiger partial charge in [-0.25, -0.2) is 0 Å². The summed E-state index contributed by atoms with van der Waals surface area (Å²) in [5.74, 6) is 0.118. The lowest BCUT2D eigenvalue weighted by molar-refractivity contribution is 0.319. The van der Waals surface area contributed by atoms with Crippen LogP contribution in [0.1, 0.15) is 16.7 Å². The van der Waals surface area contributed by atoms with Crippen LogP contribution < -0.4 is 5.73 Å². The Labute approximate surface area is 133 Å². The van der Waals surface area contributed by atoms with Crippen LogP contribution in [0.25, 0.3) is 0 Å². The highest BCUT2D eigenvalue weighted by molar-refractivity contribution is 14.1. The molecule has 0 unspecified atom stereocenters. The second kappa shape index (κ2) is 6.85. The third kappa shape index (κ3) is 4.31. The summed E-state index contributed by atoms with van der Waals surface area (Å²) in [4.78, 5) is 2.25. The lowest BCUT2D eigenvalue weighted by Crippen LogP contribution is -2.18. The molecule has 104 valence electrons. The first kappa shape index (κ1) is 15.0. The smallest absolute Gasteiger partial charge is 0.122 e. The summed E-state index contributed by atoms with van der Waals surface area (Å²) >= 11 is 2.31. The maximum Gasteiger partial charge on any atom is 0.122 e.